The molecule has 4 nitrogen and oxygen atoms in total. The molecule has 10 heavy (non-hydrogen) atoms. The molecule has 1 unspecified atom stereocenters. The van der Waals surface area contributed by atoms with E-state index in [0.717, 1.165) is 5.56 Å². The second-order valence-corrected chi connectivity index (χ2v) is 1.93. The zero-order valence-corrected chi connectivity index (χ0v) is 5.53. The summed E-state index contributed by atoms with van der Waals surface area (Å²) in [4.78, 5) is 13.3. The molecule has 0 fully saturated rings. The molecule has 0 radical (unpaired) electrons. The Morgan fingerprint density at radius 1 is 1.90 bits per heavy atom. The van der Waals surface area contributed by atoms with E-state index in [-0.39, 0.29) is 6.04 Å². The number of nitrogens with one attached hydrogen (secondary N) is 1. The van der Waals surface area contributed by atoms with Crippen LogP contribution in [0.4, 0.5) is 0 Å². The Hall–Kier alpha value is -1.41. The van der Waals surface area contributed by atoms with Crippen molar-refractivity contribution in [2.24, 2.45) is 4.99 Å². The molecule has 52 valence electrons. The number of aromatic amines is 1. The molecule has 1 aromatic heterocycles. The molecular formula is C6H7N3O. The maximum atomic E-state index is 9.79. The van der Waals surface area contributed by atoms with Crippen molar-refractivity contribution in [2.75, 3.05) is 0 Å². The Morgan fingerprint density at radius 3 is 3.20 bits per heavy atom. The molecule has 1 heterocycles. The minimum atomic E-state index is -0.142. The first-order valence-electron chi connectivity index (χ1n) is 2.90. The van der Waals surface area contributed by atoms with Gasteiger partial charge in [0, 0.05) is 11.8 Å². The van der Waals surface area contributed by atoms with E-state index in [2.05, 4.69) is 15.2 Å². The Labute approximate surface area is 58.0 Å². The third-order valence-electron chi connectivity index (χ3n) is 1.25. The molecular weight excluding hydrogens is 130 g/mol. The summed E-state index contributed by atoms with van der Waals surface area (Å²) >= 11 is 0. The molecule has 0 spiro atoms. The highest BCUT2D eigenvalue weighted by atomic mass is 16.1. The lowest BCUT2D eigenvalue weighted by molar-refractivity contribution is 0.559. The van der Waals surface area contributed by atoms with Gasteiger partial charge in [-0.05, 0) is 6.92 Å². The van der Waals surface area contributed by atoms with Gasteiger partial charge in [-0.25, -0.2) is 4.79 Å². The van der Waals surface area contributed by atoms with E-state index in [1.807, 2.05) is 0 Å². The van der Waals surface area contributed by atoms with Crippen molar-refractivity contribution >= 4 is 6.08 Å². The van der Waals surface area contributed by atoms with E-state index in [0.29, 0.717) is 0 Å². The fourth-order valence-corrected chi connectivity index (χ4v) is 0.643. The fraction of sp³-hybridized carbons (Fsp3) is 0.333. The van der Waals surface area contributed by atoms with Gasteiger partial charge < -0.3 is 0 Å². The first kappa shape index (κ1) is 6.71. The van der Waals surface area contributed by atoms with E-state index in [9.17, 15) is 4.79 Å². The van der Waals surface area contributed by atoms with Crippen LogP contribution in [-0.2, 0) is 4.79 Å². The molecule has 0 saturated carbocycles. The van der Waals surface area contributed by atoms with E-state index < -0.39 is 0 Å². The average molecular weight is 137 g/mol. The lowest BCUT2D eigenvalue weighted by Crippen LogP contribution is -1.84. The normalized spacial score (nSPS) is 12.1. The highest BCUT2D eigenvalue weighted by molar-refractivity contribution is 5.34. The second kappa shape index (κ2) is 2.94. The first-order valence-corrected chi connectivity index (χ1v) is 2.90. The largest absolute Gasteiger partial charge is 0.285 e. The van der Waals surface area contributed by atoms with Crippen LogP contribution in [0.15, 0.2) is 17.4 Å². The Kier molecular flexibility index (Phi) is 1.97. The first-order chi connectivity index (χ1) is 4.84. The van der Waals surface area contributed by atoms with Gasteiger partial charge in [0.1, 0.15) is 0 Å². The minimum Gasteiger partial charge on any atom is -0.285 e. The number of aromatic nitrogens is 2. The van der Waals surface area contributed by atoms with Gasteiger partial charge in [0.25, 0.3) is 0 Å². The second-order valence-electron chi connectivity index (χ2n) is 1.93. The van der Waals surface area contributed by atoms with E-state index in [1.165, 1.54) is 6.08 Å². The van der Waals surface area contributed by atoms with Crippen molar-refractivity contribution in [3.63, 3.8) is 0 Å². The molecule has 0 aliphatic heterocycles. The molecule has 1 atom stereocenters. The summed E-state index contributed by atoms with van der Waals surface area (Å²) in [7, 11) is 0. The van der Waals surface area contributed by atoms with Gasteiger partial charge >= 0.3 is 0 Å². The van der Waals surface area contributed by atoms with Crippen molar-refractivity contribution in [3.05, 3.63) is 18.0 Å². The van der Waals surface area contributed by atoms with Gasteiger partial charge in [-0.3, -0.25) is 5.10 Å². The minimum absolute atomic E-state index is 0.142. The van der Waals surface area contributed by atoms with Crippen LogP contribution in [0.2, 0.25) is 0 Å². The number of carbonyl (C=O) groups excluding carboxylic acids is 1. The monoisotopic (exact) mass is 137 g/mol. The molecule has 0 aliphatic carbocycles. The number of hydrogen-bond donors (Lipinski definition) is 1. The van der Waals surface area contributed by atoms with Gasteiger partial charge in [0.15, 0.2) is 0 Å². The molecule has 0 saturated heterocycles. The highest BCUT2D eigenvalue weighted by Gasteiger charge is 2.01. The molecule has 1 aromatic rings. The summed E-state index contributed by atoms with van der Waals surface area (Å²) in [6, 6.07) is -0.142. The number of isocyanates is 1. The van der Waals surface area contributed by atoms with Crippen LogP contribution < -0.4 is 0 Å². The lowest BCUT2D eigenvalue weighted by Gasteiger charge is -1.95. The van der Waals surface area contributed by atoms with E-state index in [1.54, 1.807) is 19.3 Å². The molecule has 0 bridgehead atoms. The molecule has 0 aliphatic rings. The maximum absolute atomic E-state index is 9.79. The average Bonchev–Trinajstić information content (AvgIpc) is 2.38. The molecule has 0 aromatic carbocycles. The van der Waals surface area contributed by atoms with Gasteiger partial charge in [0.05, 0.1) is 12.2 Å². The molecule has 1 N–H and O–H groups in total. The van der Waals surface area contributed by atoms with Crippen molar-refractivity contribution in [3.8, 4) is 0 Å². The molecule has 1 rings (SSSR count). The van der Waals surface area contributed by atoms with Gasteiger partial charge in [-0.1, -0.05) is 0 Å². The van der Waals surface area contributed by atoms with Crippen molar-refractivity contribution in [1.82, 2.24) is 10.2 Å². The Morgan fingerprint density at radius 2 is 2.70 bits per heavy atom. The smallest absolute Gasteiger partial charge is 0.235 e. The number of H-pyrrole nitrogens is 1. The Balaban J connectivity index is 2.76. The third-order valence-corrected chi connectivity index (χ3v) is 1.25. The highest BCUT2D eigenvalue weighted by Crippen LogP contribution is 2.12. The van der Waals surface area contributed by atoms with Gasteiger partial charge in [-0.15, -0.1) is 0 Å². The molecule has 0 amide bonds. The Bertz CT molecular complexity index is 236. The van der Waals surface area contributed by atoms with Gasteiger partial charge in [-0.2, -0.15) is 10.1 Å². The zero-order valence-electron chi connectivity index (χ0n) is 5.53. The number of aliphatic imine (C=N–C) groups is 1. The SMILES string of the molecule is CC(N=C=O)c1cn[nH]c1. The summed E-state index contributed by atoms with van der Waals surface area (Å²) < 4.78 is 0. The van der Waals surface area contributed by atoms with Crippen LogP contribution in [0.5, 0.6) is 0 Å². The molecule has 4 heteroatoms. The summed E-state index contributed by atoms with van der Waals surface area (Å²) in [6.07, 6.45) is 4.82. The summed E-state index contributed by atoms with van der Waals surface area (Å²) in [5, 5.41) is 6.34. The van der Waals surface area contributed by atoms with Crippen LogP contribution in [0.25, 0.3) is 0 Å². The van der Waals surface area contributed by atoms with Crippen molar-refractivity contribution in [2.45, 2.75) is 13.0 Å². The number of rotatable bonds is 2. The van der Waals surface area contributed by atoms with Crippen LogP contribution in [0, 0.1) is 0 Å². The zero-order chi connectivity index (χ0) is 7.40. The van der Waals surface area contributed by atoms with Gasteiger partial charge in [0.2, 0.25) is 6.08 Å². The van der Waals surface area contributed by atoms with Crippen LogP contribution in [-0.4, -0.2) is 16.3 Å². The van der Waals surface area contributed by atoms with Crippen molar-refractivity contribution < 1.29 is 4.79 Å². The summed E-state index contributed by atoms with van der Waals surface area (Å²) in [6.45, 7) is 1.80. The van der Waals surface area contributed by atoms with Crippen molar-refractivity contribution in [1.29, 1.82) is 0 Å². The predicted molar refractivity (Wildman–Crippen MR) is 35.1 cm³/mol. The maximum Gasteiger partial charge on any atom is 0.235 e. The summed E-state index contributed by atoms with van der Waals surface area (Å²) in [5.74, 6) is 0. The van der Waals surface area contributed by atoms with E-state index >= 15 is 0 Å². The number of hydrogen-bond acceptors (Lipinski definition) is 3. The third kappa shape index (κ3) is 1.30. The lowest BCUT2D eigenvalue weighted by atomic mass is 10.2. The van der Waals surface area contributed by atoms with Crippen LogP contribution >= 0.6 is 0 Å². The fourth-order valence-electron chi connectivity index (χ4n) is 0.643. The topological polar surface area (TPSA) is 58.1 Å². The summed E-state index contributed by atoms with van der Waals surface area (Å²) in [5.41, 5.74) is 0.892. The van der Waals surface area contributed by atoms with Crippen LogP contribution in [0.1, 0.15) is 18.5 Å². The predicted octanol–water partition coefficient (Wildman–Crippen LogP) is 0.806. The van der Waals surface area contributed by atoms with E-state index in [4.69, 9.17) is 0 Å². The van der Waals surface area contributed by atoms with Crippen LogP contribution in [0.3, 0.4) is 0 Å². The number of nitrogens with zero attached hydrogens (tertiary/aromatic N) is 2. The standard InChI is InChI=1S/C6H7N3O/c1-5(7-4-10)6-2-8-9-3-6/h2-3,5H,1H3,(H,8,9). The quantitative estimate of drug-likeness (QED) is 0.484.